The Hall–Kier alpha value is -2.95. The molecule has 0 aliphatic carbocycles. The SMILES string of the molecule is CCOc1ccc(-c2ccc(COc3ccc(C)c(F)c3F)cc2)c(F)c1. The summed E-state index contributed by atoms with van der Waals surface area (Å²) in [7, 11) is 0. The number of ether oxygens (including phenoxy) is 2. The van der Waals surface area contributed by atoms with Gasteiger partial charge in [0.05, 0.1) is 6.61 Å². The van der Waals surface area contributed by atoms with E-state index in [1.807, 2.05) is 6.92 Å². The van der Waals surface area contributed by atoms with E-state index in [2.05, 4.69) is 0 Å². The summed E-state index contributed by atoms with van der Waals surface area (Å²) < 4.78 is 52.3. The Morgan fingerprint density at radius 2 is 1.56 bits per heavy atom. The van der Waals surface area contributed by atoms with E-state index in [0.29, 0.717) is 23.5 Å². The third kappa shape index (κ3) is 4.25. The van der Waals surface area contributed by atoms with E-state index < -0.39 is 11.6 Å². The van der Waals surface area contributed by atoms with Gasteiger partial charge in [0.15, 0.2) is 11.6 Å². The number of halogens is 3. The molecule has 0 fully saturated rings. The van der Waals surface area contributed by atoms with Gasteiger partial charge >= 0.3 is 0 Å². The maximum absolute atomic E-state index is 14.3. The molecule has 0 amide bonds. The Morgan fingerprint density at radius 3 is 2.22 bits per heavy atom. The highest BCUT2D eigenvalue weighted by Gasteiger charge is 2.12. The topological polar surface area (TPSA) is 18.5 Å². The number of benzene rings is 3. The first-order valence-electron chi connectivity index (χ1n) is 8.58. The van der Waals surface area contributed by atoms with Gasteiger partial charge in [-0.3, -0.25) is 0 Å². The van der Waals surface area contributed by atoms with Gasteiger partial charge in [0.2, 0.25) is 5.82 Å². The molecule has 3 rings (SSSR count). The van der Waals surface area contributed by atoms with E-state index in [0.717, 1.165) is 5.56 Å². The molecule has 0 aliphatic heterocycles. The van der Waals surface area contributed by atoms with Crippen molar-refractivity contribution in [1.29, 1.82) is 0 Å². The zero-order chi connectivity index (χ0) is 19.4. The first-order valence-corrected chi connectivity index (χ1v) is 8.58. The second-order valence-electron chi connectivity index (χ2n) is 6.07. The summed E-state index contributed by atoms with van der Waals surface area (Å²) in [6, 6.07) is 14.6. The lowest BCUT2D eigenvalue weighted by Gasteiger charge is -2.10. The van der Waals surface area contributed by atoms with Gasteiger partial charge in [-0.15, -0.1) is 0 Å². The Morgan fingerprint density at radius 1 is 0.815 bits per heavy atom. The second kappa shape index (κ2) is 8.16. The first kappa shape index (κ1) is 18.8. The fraction of sp³-hybridized carbons (Fsp3) is 0.182. The highest BCUT2D eigenvalue weighted by Crippen LogP contribution is 2.27. The van der Waals surface area contributed by atoms with Gasteiger partial charge in [-0.25, -0.2) is 8.78 Å². The largest absolute Gasteiger partial charge is 0.494 e. The summed E-state index contributed by atoms with van der Waals surface area (Å²) in [5.41, 5.74) is 2.14. The molecule has 3 aromatic carbocycles. The molecule has 0 aliphatic rings. The molecule has 0 heterocycles. The predicted octanol–water partition coefficient (Wildman–Crippen LogP) is 6.06. The lowest BCUT2D eigenvalue weighted by atomic mass is 10.0. The van der Waals surface area contributed by atoms with Crippen LogP contribution < -0.4 is 9.47 Å². The third-order valence-electron chi connectivity index (χ3n) is 4.15. The highest BCUT2D eigenvalue weighted by molar-refractivity contribution is 5.65. The quantitative estimate of drug-likeness (QED) is 0.524. The van der Waals surface area contributed by atoms with E-state index in [9.17, 15) is 13.2 Å². The molecule has 0 saturated carbocycles. The molecule has 0 bridgehead atoms. The van der Waals surface area contributed by atoms with Crippen LogP contribution in [0.4, 0.5) is 13.2 Å². The van der Waals surface area contributed by atoms with Gasteiger partial charge in [0.1, 0.15) is 18.2 Å². The summed E-state index contributed by atoms with van der Waals surface area (Å²) in [5, 5.41) is 0. The minimum Gasteiger partial charge on any atom is -0.494 e. The molecule has 2 nitrogen and oxygen atoms in total. The Kier molecular flexibility index (Phi) is 5.69. The summed E-state index contributed by atoms with van der Waals surface area (Å²) in [6.45, 7) is 3.87. The normalized spacial score (nSPS) is 10.7. The molecule has 0 atom stereocenters. The van der Waals surface area contributed by atoms with Gasteiger partial charge in [0, 0.05) is 11.6 Å². The van der Waals surface area contributed by atoms with Crippen LogP contribution in [0.5, 0.6) is 11.5 Å². The van der Waals surface area contributed by atoms with E-state index in [4.69, 9.17) is 9.47 Å². The molecule has 5 heteroatoms. The lowest BCUT2D eigenvalue weighted by molar-refractivity contribution is 0.284. The maximum atomic E-state index is 14.3. The first-order chi connectivity index (χ1) is 13.0. The van der Waals surface area contributed by atoms with Crippen molar-refractivity contribution in [1.82, 2.24) is 0 Å². The van der Waals surface area contributed by atoms with Crippen molar-refractivity contribution in [2.75, 3.05) is 6.61 Å². The van der Waals surface area contributed by atoms with Crippen LogP contribution in [-0.2, 0) is 6.61 Å². The van der Waals surface area contributed by atoms with Crippen molar-refractivity contribution in [3.8, 4) is 22.6 Å². The standard InChI is InChI=1S/C22H19F3O2/c1-3-26-17-9-10-18(19(23)12-17)16-7-5-15(6-8-16)13-27-20-11-4-14(2)21(24)22(20)25/h4-12H,3,13H2,1-2H3. The average molecular weight is 372 g/mol. The Labute approximate surface area is 156 Å². The average Bonchev–Trinajstić information content (AvgIpc) is 2.67. The molecular weight excluding hydrogens is 353 g/mol. The number of aryl methyl sites for hydroxylation is 1. The minimum absolute atomic E-state index is 0.0749. The molecule has 0 aromatic heterocycles. The molecule has 0 radical (unpaired) electrons. The van der Waals surface area contributed by atoms with Crippen molar-refractivity contribution in [2.24, 2.45) is 0 Å². The highest BCUT2D eigenvalue weighted by atomic mass is 19.2. The van der Waals surface area contributed by atoms with Crippen molar-refractivity contribution in [3.63, 3.8) is 0 Å². The molecule has 140 valence electrons. The van der Waals surface area contributed by atoms with Gasteiger partial charge in [0.25, 0.3) is 0 Å². The summed E-state index contributed by atoms with van der Waals surface area (Å²) in [4.78, 5) is 0. The van der Waals surface area contributed by atoms with Crippen LogP contribution in [0.1, 0.15) is 18.1 Å². The van der Waals surface area contributed by atoms with Gasteiger partial charge in [-0.1, -0.05) is 30.3 Å². The van der Waals surface area contributed by atoms with Crippen LogP contribution in [0.3, 0.4) is 0 Å². The zero-order valence-electron chi connectivity index (χ0n) is 15.1. The van der Waals surface area contributed by atoms with Crippen molar-refractivity contribution in [2.45, 2.75) is 20.5 Å². The minimum atomic E-state index is -0.997. The summed E-state index contributed by atoms with van der Waals surface area (Å²) >= 11 is 0. The number of hydrogen-bond donors (Lipinski definition) is 0. The van der Waals surface area contributed by atoms with Crippen LogP contribution in [0, 0.1) is 24.4 Å². The summed E-state index contributed by atoms with van der Waals surface area (Å²) in [6.07, 6.45) is 0. The number of hydrogen-bond acceptors (Lipinski definition) is 2. The van der Waals surface area contributed by atoms with Crippen LogP contribution in [0.15, 0.2) is 54.6 Å². The molecule has 3 aromatic rings. The Balaban J connectivity index is 1.72. The molecule has 0 unspecified atom stereocenters. The second-order valence-corrected chi connectivity index (χ2v) is 6.07. The van der Waals surface area contributed by atoms with Crippen molar-refractivity contribution in [3.05, 3.63) is 83.2 Å². The third-order valence-corrected chi connectivity index (χ3v) is 4.15. The smallest absolute Gasteiger partial charge is 0.200 e. The number of rotatable bonds is 6. The van der Waals surface area contributed by atoms with E-state index in [-0.39, 0.29) is 23.7 Å². The lowest BCUT2D eigenvalue weighted by Crippen LogP contribution is -2.00. The van der Waals surface area contributed by atoms with Gasteiger partial charge in [-0.05, 0) is 48.7 Å². The van der Waals surface area contributed by atoms with E-state index >= 15 is 0 Å². The van der Waals surface area contributed by atoms with E-state index in [1.54, 1.807) is 36.4 Å². The maximum Gasteiger partial charge on any atom is 0.200 e. The monoisotopic (exact) mass is 372 g/mol. The molecule has 0 spiro atoms. The zero-order valence-corrected chi connectivity index (χ0v) is 15.1. The molecular formula is C22H19F3O2. The van der Waals surface area contributed by atoms with E-state index in [1.165, 1.54) is 25.1 Å². The fourth-order valence-electron chi connectivity index (χ4n) is 2.67. The predicted molar refractivity (Wildman–Crippen MR) is 98.4 cm³/mol. The van der Waals surface area contributed by atoms with Crippen LogP contribution >= 0.6 is 0 Å². The Bertz CT molecular complexity index is 937. The molecule has 27 heavy (non-hydrogen) atoms. The van der Waals surface area contributed by atoms with Crippen LogP contribution in [0.25, 0.3) is 11.1 Å². The van der Waals surface area contributed by atoms with Gasteiger partial charge < -0.3 is 9.47 Å². The van der Waals surface area contributed by atoms with Crippen molar-refractivity contribution < 1.29 is 22.6 Å². The van der Waals surface area contributed by atoms with Crippen molar-refractivity contribution >= 4 is 0 Å². The fourth-order valence-corrected chi connectivity index (χ4v) is 2.67. The van der Waals surface area contributed by atoms with Crippen LogP contribution in [-0.4, -0.2) is 6.61 Å². The molecule has 0 N–H and O–H groups in total. The summed E-state index contributed by atoms with van der Waals surface area (Å²) in [5.74, 6) is -1.94. The van der Waals surface area contributed by atoms with Gasteiger partial charge in [-0.2, -0.15) is 4.39 Å². The van der Waals surface area contributed by atoms with Crippen LogP contribution in [0.2, 0.25) is 0 Å². The molecule has 0 saturated heterocycles.